The summed E-state index contributed by atoms with van der Waals surface area (Å²) >= 11 is 0. The summed E-state index contributed by atoms with van der Waals surface area (Å²) in [6.45, 7) is 1.88. The summed E-state index contributed by atoms with van der Waals surface area (Å²) in [5, 5.41) is 2.51. The summed E-state index contributed by atoms with van der Waals surface area (Å²) in [6.07, 6.45) is 0.0631. The lowest BCUT2D eigenvalue weighted by atomic mass is 10.1. The SMILES string of the molecule is O=P(OCC1CO1)(OCC1CO1)c1cccc2ccccc12. The Morgan fingerprint density at radius 2 is 1.55 bits per heavy atom. The summed E-state index contributed by atoms with van der Waals surface area (Å²) in [5.74, 6) is 0. The monoisotopic (exact) mass is 320 g/mol. The van der Waals surface area contributed by atoms with Crippen molar-refractivity contribution in [2.75, 3.05) is 26.4 Å². The molecule has 0 saturated carbocycles. The first-order valence-electron chi connectivity index (χ1n) is 7.35. The van der Waals surface area contributed by atoms with Gasteiger partial charge in [-0.05, 0) is 16.8 Å². The molecule has 2 unspecified atom stereocenters. The zero-order valence-electron chi connectivity index (χ0n) is 12.0. The topological polar surface area (TPSA) is 60.6 Å². The van der Waals surface area contributed by atoms with E-state index >= 15 is 0 Å². The quantitative estimate of drug-likeness (QED) is 0.579. The molecule has 5 nitrogen and oxygen atoms in total. The van der Waals surface area contributed by atoms with E-state index in [-0.39, 0.29) is 25.4 Å². The smallest absolute Gasteiger partial charge is 0.362 e. The Morgan fingerprint density at radius 3 is 2.18 bits per heavy atom. The van der Waals surface area contributed by atoms with E-state index in [2.05, 4.69) is 0 Å². The molecule has 2 aliphatic rings. The number of hydrogen-bond donors (Lipinski definition) is 0. The van der Waals surface area contributed by atoms with Crippen molar-refractivity contribution in [1.82, 2.24) is 0 Å². The van der Waals surface area contributed by atoms with E-state index in [9.17, 15) is 4.57 Å². The molecule has 2 aromatic carbocycles. The molecule has 22 heavy (non-hydrogen) atoms. The largest absolute Gasteiger partial charge is 0.371 e. The van der Waals surface area contributed by atoms with Crippen LogP contribution in [0.1, 0.15) is 0 Å². The van der Waals surface area contributed by atoms with E-state index in [0.717, 1.165) is 10.8 Å². The van der Waals surface area contributed by atoms with Gasteiger partial charge in [0.2, 0.25) is 0 Å². The average molecular weight is 320 g/mol. The zero-order chi connectivity index (χ0) is 15.0. The molecule has 0 bridgehead atoms. The third-order valence-electron chi connectivity index (χ3n) is 3.73. The summed E-state index contributed by atoms with van der Waals surface area (Å²) < 4.78 is 35.0. The minimum Gasteiger partial charge on any atom is -0.371 e. The maximum absolute atomic E-state index is 13.3. The Morgan fingerprint density at radius 1 is 0.955 bits per heavy atom. The second-order valence-corrected chi connectivity index (χ2v) is 7.49. The van der Waals surface area contributed by atoms with E-state index in [4.69, 9.17) is 18.5 Å². The van der Waals surface area contributed by atoms with Gasteiger partial charge >= 0.3 is 7.60 Å². The van der Waals surface area contributed by atoms with Gasteiger partial charge in [0.15, 0.2) is 0 Å². The van der Waals surface area contributed by atoms with E-state index in [1.165, 1.54) is 0 Å². The van der Waals surface area contributed by atoms with Gasteiger partial charge in [-0.25, -0.2) is 0 Å². The molecule has 0 N–H and O–H groups in total. The van der Waals surface area contributed by atoms with Crippen LogP contribution in [0.25, 0.3) is 10.8 Å². The number of epoxide rings is 2. The van der Waals surface area contributed by atoms with Gasteiger partial charge in [0.05, 0.1) is 31.7 Å². The molecule has 0 spiro atoms. The summed E-state index contributed by atoms with van der Waals surface area (Å²) in [6, 6.07) is 13.5. The summed E-state index contributed by atoms with van der Waals surface area (Å²) in [4.78, 5) is 0. The molecule has 2 aliphatic heterocycles. The van der Waals surface area contributed by atoms with Crippen LogP contribution in [-0.2, 0) is 23.1 Å². The highest BCUT2D eigenvalue weighted by atomic mass is 31.2. The normalized spacial score (nSPS) is 25.8. The Kier molecular flexibility index (Phi) is 3.76. The fraction of sp³-hybridized carbons (Fsp3) is 0.375. The van der Waals surface area contributed by atoms with Crippen LogP contribution in [0.15, 0.2) is 42.5 Å². The maximum Gasteiger partial charge on any atom is 0.362 e. The van der Waals surface area contributed by atoms with Crippen LogP contribution in [0.5, 0.6) is 0 Å². The number of benzene rings is 2. The molecule has 0 radical (unpaired) electrons. The van der Waals surface area contributed by atoms with Crippen molar-refractivity contribution in [3.8, 4) is 0 Å². The summed E-state index contributed by atoms with van der Waals surface area (Å²) in [7, 11) is -3.40. The first-order chi connectivity index (χ1) is 10.7. The summed E-state index contributed by atoms with van der Waals surface area (Å²) in [5.41, 5.74) is 0. The maximum atomic E-state index is 13.3. The molecule has 2 fully saturated rings. The average Bonchev–Trinajstić information content (AvgIpc) is 3.45. The first-order valence-corrected chi connectivity index (χ1v) is 8.89. The molecule has 6 heteroatoms. The van der Waals surface area contributed by atoms with Gasteiger partial charge < -0.3 is 18.5 Å². The fourth-order valence-corrected chi connectivity index (χ4v) is 4.16. The molecule has 2 heterocycles. The zero-order valence-corrected chi connectivity index (χ0v) is 12.9. The lowest BCUT2D eigenvalue weighted by Crippen LogP contribution is -2.15. The molecular formula is C16H17O5P. The third kappa shape index (κ3) is 3.09. The van der Waals surface area contributed by atoms with Crippen molar-refractivity contribution in [2.45, 2.75) is 12.2 Å². The van der Waals surface area contributed by atoms with Crippen LogP contribution in [0.4, 0.5) is 0 Å². The van der Waals surface area contributed by atoms with Crippen LogP contribution >= 0.6 is 7.60 Å². The molecule has 0 aliphatic carbocycles. The van der Waals surface area contributed by atoms with Gasteiger partial charge in [0, 0.05) is 0 Å². The van der Waals surface area contributed by atoms with Gasteiger partial charge in [-0.3, -0.25) is 4.57 Å². The van der Waals surface area contributed by atoms with Crippen molar-refractivity contribution in [3.05, 3.63) is 42.5 Å². The van der Waals surface area contributed by atoms with Crippen molar-refractivity contribution < 1.29 is 23.1 Å². The lowest BCUT2D eigenvalue weighted by molar-refractivity contribution is 0.184. The van der Waals surface area contributed by atoms with E-state index < -0.39 is 7.60 Å². The number of ether oxygens (including phenoxy) is 2. The van der Waals surface area contributed by atoms with Crippen LogP contribution in [-0.4, -0.2) is 38.6 Å². The molecule has 2 atom stereocenters. The van der Waals surface area contributed by atoms with Crippen molar-refractivity contribution in [2.24, 2.45) is 0 Å². The van der Waals surface area contributed by atoms with Gasteiger partial charge in [0.1, 0.15) is 12.2 Å². The van der Waals surface area contributed by atoms with Crippen molar-refractivity contribution >= 4 is 23.7 Å². The number of rotatable bonds is 7. The van der Waals surface area contributed by atoms with E-state index in [1.807, 2.05) is 42.5 Å². The predicted molar refractivity (Wildman–Crippen MR) is 82.6 cm³/mol. The second-order valence-electron chi connectivity index (χ2n) is 5.50. The van der Waals surface area contributed by atoms with E-state index in [1.54, 1.807) is 0 Å². The molecule has 0 aromatic heterocycles. The first kappa shape index (κ1) is 14.4. The molecule has 2 saturated heterocycles. The lowest BCUT2D eigenvalue weighted by Gasteiger charge is -2.19. The predicted octanol–water partition coefficient (Wildman–Crippen LogP) is 2.49. The third-order valence-corrected chi connectivity index (χ3v) is 5.69. The van der Waals surface area contributed by atoms with Gasteiger partial charge in [-0.1, -0.05) is 36.4 Å². The van der Waals surface area contributed by atoms with E-state index in [0.29, 0.717) is 18.5 Å². The van der Waals surface area contributed by atoms with Gasteiger partial charge in [0.25, 0.3) is 0 Å². The van der Waals surface area contributed by atoms with Gasteiger partial charge in [-0.15, -0.1) is 0 Å². The molecule has 4 rings (SSSR count). The molecular weight excluding hydrogens is 303 g/mol. The Balaban J connectivity index is 1.68. The minimum atomic E-state index is -3.40. The Hall–Kier alpha value is -1.23. The number of fused-ring (bicyclic) bond motifs is 1. The number of hydrogen-bond acceptors (Lipinski definition) is 5. The molecule has 0 amide bonds. The highest BCUT2D eigenvalue weighted by molar-refractivity contribution is 7.62. The highest BCUT2D eigenvalue weighted by Crippen LogP contribution is 2.49. The Labute approximate surface area is 128 Å². The Bertz CT molecular complexity index is 698. The standard InChI is InChI=1S/C16H17O5P/c17-22(20-10-13-8-18-13,21-11-14-9-19-14)16-7-3-5-12-4-1-2-6-15(12)16/h1-7,13-14H,8-11H2. The van der Waals surface area contributed by atoms with Crippen LogP contribution < -0.4 is 5.30 Å². The van der Waals surface area contributed by atoms with Crippen molar-refractivity contribution in [3.63, 3.8) is 0 Å². The molecule has 116 valence electrons. The minimum absolute atomic E-state index is 0.0316. The van der Waals surface area contributed by atoms with Crippen molar-refractivity contribution in [1.29, 1.82) is 0 Å². The second kappa shape index (κ2) is 5.76. The van der Waals surface area contributed by atoms with Gasteiger partial charge in [-0.2, -0.15) is 0 Å². The molecule has 2 aromatic rings. The highest BCUT2D eigenvalue weighted by Gasteiger charge is 2.36. The van der Waals surface area contributed by atoms with Crippen LogP contribution in [0.3, 0.4) is 0 Å². The van der Waals surface area contributed by atoms with Crippen LogP contribution in [0.2, 0.25) is 0 Å². The van der Waals surface area contributed by atoms with Crippen LogP contribution in [0, 0.1) is 0 Å². The fourth-order valence-electron chi connectivity index (χ4n) is 2.31.